The molecule has 1 saturated carbocycles. The van der Waals surface area contributed by atoms with E-state index in [0.29, 0.717) is 12.5 Å². The van der Waals surface area contributed by atoms with Crippen molar-refractivity contribution in [3.63, 3.8) is 0 Å². The molecule has 1 aliphatic carbocycles. The van der Waals surface area contributed by atoms with Gasteiger partial charge in [-0.1, -0.05) is 0 Å². The number of aliphatic hydroxyl groups excluding tert-OH is 1. The Hall–Kier alpha value is -0.610. The molecule has 0 aromatic carbocycles. The second-order valence-electron chi connectivity index (χ2n) is 5.54. The first-order chi connectivity index (χ1) is 7.37. The molecule has 0 spiro atoms. The topological polar surface area (TPSA) is 58.6 Å². The fourth-order valence-electron chi connectivity index (χ4n) is 1.83. The van der Waals surface area contributed by atoms with E-state index in [9.17, 15) is 9.90 Å². The van der Waals surface area contributed by atoms with Gasteiger partial charge in [0.2, 0.25) is 5.91 Å². The molecule has 0 aromatic heterocycles. The second-order valence-corrected chi connectivity index (χ2v) is 5.54. The minimum Gasteiger partial charge on any atom is -0.393 e. The van der Waals surface area contributed by atoms with Crippen molar-refractivity contribution in [1.82, 2.24) is 5.32 Å². The number of hydrogen-bond acceptors (Lipinski definition) is 3. The maximum absolute atomic E-state index is 11.4. The molecule has 0 heterocycles. The van der Waals surface area contributed by atoms with Gasteiger partial charge in [0, 0.05) is 6.54 Å². The molecule has 4 heteroatoms. The van der Waals surface area contributed by atoms with Gasteiger partial charge in [-0.2, -0.15) is 0 Å². The van der Waals surface area contributed by atoms with Crippen LogP contribution in [0.2, 0.25) is 0 Å². The molecule has 0 saturated heterocycles. The van der Waals surface area contributed by atoms with Gasteiger partial charge in [0.1, 0.15) is 6.61 Å². The monoisotopic (exact) mass is 229 g/mol. The molecule has 0 radical (unpaired) electrons. The van der Waals surface area contributed by atoms with Crippen LogP contribution in [-0.4, -0.2) is 35.9 Å². The van der Waals surface area contributed by atoms with Gasteiger partial charge >= 0.3 is 0 Å². The van der Waals surface area contributed by atoms with Crippen molar-refractivity contribution in [2.75, 3.05) is 13.2 Å². The molecule has 94 valence electrons. The van der Waals surface area contributed by atoms with Crippen molar-refractivity contribution < 1.29 is 14.6 Å². The SMILES string of the molecule is CC(C)(C)OCC(=O)NCC1CCC(O)C1. The molecule has 2 N–H and O–H groups in total. The van der Waals surface area contributed by atoms with Crippen LogP contribution in [0, 0.1) is 5.92 Å². The van der Waals surface area contributed by atoms with Gasteiger partial charge in [-0.05, 0) is 46.0 Å². The van der Waals surface area contributed by atoms with Crippen molar-refractivity contribution in [2.45, 2.75) is 51.7 Å². The van der Waals surface area contributed by atoms with Crippen LogP contribution < -0.4 is 5.32 Å². The lowest BCUT2D eigenvalue weighted by Crippen LogP contribution is -2.34. The summed E-state index contributed by atoms with van der Waals surface area (Å²) in [4.78, 5) is 11.4. The lowest BCUT2D eigenvalue weighted by Gasteiger charge is -2.19. The fraction of sp³-hybridized carbons (Fsp3) is 0.917. The number of carbonyl (C=O) groups excluding carboxylic acids is 1. The van der Waals surface area contributed by atoms with Crippen LogP contribution in [0.15, 0.2) is 0 Å². The van der Waals surface area contributed by atoms with E-state index in [4.69, 9.17) is 4.74 Å². The van der Waals surface area contributed by atoms with Gasteiger partial charge in [0.15, 0.2) is 0 Å². The van der Waals surface area contributed by atoms with Crippen molar-refractivity contribution >= 4 is 5.91 Å². The summed E-state index contributed by atoms with van der Waals surface area (Å²) < 4.78 is 5.37. The highest BCUT2D eigenvalue weighted by Crippen LogP contribution is 2.24. The summed E-state index contributed by atoms with van der Waals surface area (Å²) in [5.41, 5.74) is -0.277. The van der Waals surface area contributed by atoms with E-state index in [-0.39, 0.29) is 24.2 Å². The highest BCUT2D eigenvalue weighted by molar-refractivity contribution is 5.77. The Kier molecular flexibility index (Phi) is 4.74. The fourth-order valence-corrected chi connectivity index (χ4v) is 1.83. The van der Waals surface area contributed by atoms with E-state index >= 15 is 0 Å². The quantitative estimate of drug-likeness (QED) is 0.758. The minimum atomic E-state index is -0.277. The van der Waals surface area contributed by atoms with Gasteiger partial charge < -0.3 is 15.2 Å². The van der Waals surface area contributed by atoms with E-state index < -0.39 is 0 Å². The van der Waals surface area contributed by atoms with Gasteiger partial charge in [-0.15, -0.1) is 0 Å². The van der Waals surface area contributed by atoms with E-state index in [1.54, 1.807) is 0 Å². The first-order valence-corrected chi connectivity index (χ1v) is 5.95. The van der Waals surface area contributed by atoms with Crippen LogP contribution in [0.1, 0.15) is 40.0 Å². The van der Waals surface area contributed by atoms with Gasteiger partial charge in [0.05, 0.1) is 11.7 Å². The van der Waals surface area contributed by atoms with Crippen LogP contribution in [0.4, 0.5) is 0 Å². The maximum atomic E-state index is 11.4. The second kappa shape index (κ2) is 5.64. The molecule has 16 heavy (non-hydrogen) atoms. The van der Waals surface area contributed by atoms with Gasteiger partial charge in [0.25, 0.3) is 0 Å². The predicted octanol–water partition coefficient (Wildman–Crippen LogP) is 1.08. The van der Waals surface area contributed by atoms with Crippen LogP contribution in [0.3, 0.4) is 0 Å². The third-order valence-electron chi connectivity index (χ3n) is 2.74. The molecule has 4 nitrogen and oxygen atoms in total. The number of amides is 1. The molecule has 2 atom stereocenters. The van der Waals surface area contributed by atoms with Gasteiger partial charge in [-0.25, -0.2) is 0 Å². The van der Waals surface area contributed by atoms with Crippen LogP contribution in [-0.2, 0) is 9.53 Å². The summed E-state index contributed by atoms with van der Waals surface area (Å²) in [6, 6.07) is 0. The highest BCUT2D eigenvalue weighted by Gasteiger charge is 2.23. The van der Waals surface area contributed by atoms with Crippen molar-refractivity contribution in [3.8, 4) is 0 Å². The van der Waals surface area contributed by atoms with E-state index in [1.165, 1.54) is 0 Å². The zero-order valence-electron chi connectivity index (χ0n) is 10.5. The highest BCUT2D eigenvalue weighted by atomic mass is 16.5. The number of carbonyl (C=O) groups is 1. The molecular formula is C12H23NO3. The molecule has 2 unspecified atom stereocenters. The number of hydrogen-bond donors (Lipinski definition) is 2. The van der Waals surface area contributed by atoms with Gasteiger partial charge in [-0.3, -0.25) is 4.79 Å². The number of nitrogens with one attached hydrogen (secondary N) is 1. The smallest absolute Gasteiger partial charge is 0.246 e. The number of aliphatic hydroxyl groups is 1. The summed E-state index contributed by atoms with van der Waals surface area (Å²) in [5, 5.41) is 12.2. The lowest BCUT2D eigenvalue weighted by molar-refractivity contribution is -0.130. The van der Waals surface area contributed by atoms with Crippen LogP contribution in [0.25, 0.3) is 0 Å². The average molecular weight is 229 g/mol. The Morgan fingerprint density at radius 3 is 2.62 bits per heavy atom. The predicted molar refractivity (Wildman–Crippen MR) is 62.1 cm³/mol. The van der Waals surface area contributed by atoms with Crippen molar-refractivity contribution in [1.29, 1.82) is 0 Å². The lowest BCUT2D eigenvalue weighted by atomic mass is 10.1. The first-order valence-electron chi connectivity index (χ1n) is 5.95. The van der Waals surface area contributed by atoms with Crippen LogP contribution in [0.5, 0.6) is 0 Å². The van der Waals surface area contributed by atoms with E-state index in [2.05, 4.69) is 5.32 Å². The zero-order valence-corrected chi connectivity index (χ0v) is 10.5. The van der Waals surface area contributed by atoms with E-state index in [0.717, 1.165) is 19.3 Å². The Balaban J connectivity index is 2.11. The number of ether oxygens (including phenoxy) is 1. The van der Waals surface area contributed by atoms with E-state index in [1.807, 2.05) is 20.8 Å². The molecule has 0 aliphatic heterocycles. The Bertz CT molecular complexity index is 235. The van der Waals surface area contributed by atoms with Crippen molar-refractivity contribution in [3.05, 3.63) is 0 Å². The standard InChI is InChI=1S/C12H23NO3/c1-12(2,3)16-8-11(15)13-7-9-4-5-10(14)6-9/h9-10,14H,4-8H2,1-3H3,(H,13,15). The molecule has 1 fully saturated rings. The summed E-state index contributed by atoms with van der Waals surface area (Å²) in [6.45, 7) is 6.54. The average Bonchev–Trinajstić information content (AvgIpc) is 2.57. The number of rotatable bonds is 4. The summed E-state index contributed by atoms with van der Waals surface area (Å²) in [5.74, 6) is 0.352. The van der Waals surface area contributed by atoms with Crippen LogP contribution >= 0.6 is 0 Å². The normalized spacial score (nSPS) is 25.8. The summed E-state index contributed by atoms with van der Waals surface area (Å²) in [6.07, 6.45) is 2.49. The van der Waals surface area contributed by atoms with Crippen molar-refractivity contribution in [2.24, 2.45) is 5.92 Å². The Morgan fingerprint density at radius 2 is 2.12 bits per heavy atom. The summed E-state index contributed by atoms with van der Waals surface area (Å²) in [7, 11) is 0. The molecule has 0 aromatic rings. The summed E-state index contributed by atoms with van der Waals surface area (Å²) >= 11 is 0. The minimum absolute atomic E-state index is 0.0729. The molecular weight excluding hydrogens is 206 g/mol. The third kappa shape index (κ3) is 5.47. The first kappa shape index (κ1) is 13.5. The Morgan fingerprint density at radius 1 is 1.44 bits per heavy atom. The largest absolute Gasteiger partial charge is 0.393 e. The zero-order chi connectivity index (χ0) is 12.2. The molecule has 1 rings (SSSR count). The Labute approximate surface area is 97.4 Å². The maximum Gasteiger partial charge on any atom is 0.246 e. The molecule has 1 aliphatic rings. The molecule has 1 amide bonds. The third-order valence-corrected chi connectivity index (χ3v) is 2.74. The molecule has 0 bridgehead atoms.